The summed E-state index contributed by atoms with van der Waals surface area (Å²) in [7, 11) is 2.16. The van der Waals surface area contributed by atoms with E-state index in [1.807, 2.05) is 26.0 Å². The fourth-order valence-electron chi connectivity index (χ4n) is 2.50. The zero-order chi connectivity index (χ0) is 15.2. The molecule has 1 aromatic rings. The van der Waals surface area contributed by atoms with Gasteiger partial charge in [0.05, 0.1) is 12.1 Å². The van der Waals surface area contributed by atoms with Crippen molar-refractivity contribution in [3.63, 3.8) is 0 Å². The van der Waals surface area contributed by atoms with Gasteiger partial charge < -0.3 is 15.4 Å². The Morgan fingerprint density at radius 2 is 1.95 bits per heavy atom. The summed E-state index contributed by atoms with van der Waals surface area (Å²) in [6.45, 7) is 8.86. The van der Waals surface area contributed by atoms with Crippen LogP contribution in [0.2, 0.25) is 0 Å². The highest BCUT2D eigenvalue weighted by Crippen LogP contribution is 2.20. The number of nitrogens with two attached hydrogens (primary N) is 1. The minimum Gasteiger partial charge on any atom is -0.491 e. The molecule has 118 valence electrons. The lowest BCUT2D eigenvalue weighted by atomic mass is 10.1. The van der Waals surface area contributed by atoms with Crippen LogP contribution in [0.5, 0.6) is 5.75 Å². The number of nitrogens with zero attached hydrogens (tertiary/aromatic N) is 2. The molecule has 0 aromatic heterocycles. The van der Waals surface area contributed by atoms with Gasteiger partial charge in [0.25, 0.3) is 0 Å². The van der Waals surface area contributed by atoms with Gasteiger partial charge in [-0.15, -0.1) is 0 Å². The first kappa shape index (κ1) is 16.2. The van der Waals surface area contributed by atoms with Gasteiger partial charge >= 0.3 is 0 Å². The summed E-state index contributed by atoms with van der Waals surface area (Å²) in [5, 5.41) is 2.27. The Kier molecular flexibility index (Phi) is 5.99. The zero-order valence-electron chi connectivity index (χ0n) is 13.4. The maximum Gasteiger partial charge on any atom is 0.120 e. The normalized spacial score (nSPS) is 18.9. The molecule has 0 aliphatic carbocycles. The molecule has 0 bridgehead atoms. The molecule has 0 spiro atoms. The van der Waals surface area contributed by atoms with Crippen molar-refractivity contribution in [2.45, 2.75) is 26.0 Å². The maximum atomic E-state index is 5.96. The van der Waals surface area contributed by atoms with E-state index in [9.17, 15) is 0 Å². The Hall–Kier alpha value is -1.14. The van der Waals surface area contributed by atoms with Gasteiger partial charge in [0, 0.05) is 32.7 Å². The lowest BCUT2D eigenvalue weighted by Crippen LogP contribution is -2.52. The summed E-state index contributed by atoms with van der Waals surface area (Å²) in [6.07, 6.45) is 0.183. The molecule has 1 fully saturated rings. The molecule has 21 heavy (non-hydrogen) atoms. The number of rotatable bonds is 6. The number of hydrogen-bond donors (Lipinski definition) is 2. The van der Waals surface area contributed by atoms with Gasteiger partial charge in [-0.3, -0.25) is 0 Å². The summed E-state index contributed by atoms with van der Waals surface area (Å²) in [4.78, 5) is 2.34. The number of ether oxygens (including phenoxy) is 1. The number of hydrazine groups is 1. The number of piperazine rings is 1. The molecular formula is C16H28N4O. The molecule has 1 aliphatic heterocycles. The highest BCUT2D eigenvalue weighted by atomic mass is 16.5. The molecule has 1 aliphatic rings. The van der Waals surface area contributed by atoms with Crippen molar-refractivity contribution in [2.24, 2.45) is 5.73 Å². The van der Waals surface area contributed by atoms with E-state index in [-0.39, 0.29) is 12.1 Å². The standard InChI is InChI=1S/C16H28N4O/c1-13(2)21-15-6-4-5-14(11-15)16(12-17)18-20-9-7-19(3)8-10-20/h4-6,11,13,16,18H,7-10,12,17H2,1-3H3. The van der Waals surface area contributed by atoms with Gasteiger partial charge in [0.2, 0.25) is 0 Å². The Balaban J connectivity index is 1.99. The summed E-state index contributed by atoms with van der Waals surface area (Å²) in [6, 6.07) is 8.34. The first-order valence-electron chi connectivity index (χ1n) is 7.75. The predicted octanol–water partition coefficient (Wildman–Crippen LogP) is 1.23. The molecule has 1 atom stereocenters. The van der Waals surface area contributed by atoms with Crippen molar-refractivity contribution in [3.8, 4) is 5.75 Å². The van der Waals surface area contributed by atoms with Gasteiger partial charge in [0.1, 0.15) is 5.75 Å². The molecule has 5 nitrogen and oxygen atoms in total. The molecule has 0 saturated carbocycles. The van der Waals surface area contributed by atoms with Crippen LogP contribution in [0.4, 0.5) is 0 Å². The van der Waals surface area contributed by atoms with Crippen LogP contribution in [0, 0.1) is 0 Å². The van der Waals surface area contributed by atoms with Crippen LogP contribution in [0.15, 0.2) is 24.3 Å². The predicted molar refractivity (Wildman–Crippen MR) is 86.2 cm³/mol. The third-order valence-electron chi connectivity index (χ3n) is 3.71. The van der Waals surface area contributed by atoms with Crippen LogP contribution < -0.4 is 15.9 Å². The molecule has 1 aromatic carbocycles. The first-order valence-corrected chi connectivity index (χ1v) is 7.75. The van der Waals surface area contributed by atoms with E-state index >= 15 is 0 Å². The summed E-state index contributed by atoms with van der Waals surface area (Å²) in [5.74, 6) is 0.904. The van der Waals surface area contributed by atoms with Crippen LogP contribution >= 0.6 is 0 Å². The minimum atomic E-state index is 0.129. The van der Waals surface area contributed by atoms with E-state index in [1.165, 1.54) is 5.56 Å². The van der Waals surface area contributed by atoms with Crippen LogP contribution in [-0.2, 0) is 0 Å². The van der Waals surface area contributed by atoms with E-state index in [4.69, 9.17) is 10.5 Å². The second kappa shape index (κ2) is 7.75. The molecule has 3 N–H and O–H groups in total. The lowest BCUT2D eigenvalue weighted by molar-refractivity contribution is 0.0879. The largest absolute Gasteiger partial charge is 0.491 e. The van der Waals surface area contributed by atoms with Gasteiger partial charge in [-0.25, -0.2) is 10.4 Å². The third kappa shape index (κ3) is 4.97. The Labute approximate surface area is 128 Å². The van der Waals surface area contributed by atoms with Crippen LogP contribution in [0.3, 0.4) is 0 Å². The first-order chi connectivity index (χ1) is 10.1. The molecule has 0 amide bonds. The van der Waals surface area contributed by atoms with Crippen molar-refractivity contribution in [2.75, 3.05) is 39.8 Å². The Bertz CT molecular complexity index is 430. The van der Waals surface area contributed by atoms with Gasteiger partial charge in [-0.1, -0.05) is 12.1 Å². The average Bonchev–Trinajstić information content (AvgIpc) is 2.46. The fourth-order valence-corrected chi connectivity index (χ4v) is 2.50. The second-order valence-corrected chi connectivity index (χ2v) is 5.95. The van der Waals surface area contributed by atoms with Gasteiger partial charge in [-0.2, -0.15) is 0 Å². The van der Waals surface area contributed by atoms with Crippen LogP contribution in [0.1, 0.15) is 25.5 Å². The van der Waals surface area contributed by atoms with Crippen LogP contribution in [0.25, 0.3) is 0 Å². The molecule has 5 heteroatoms. The number of hydrogen-bond acceptors (Lipinski definition) is 5. The molecule has 1 unspecified atom stereocenters. The average molecular weight is 292 g/mol. The Morgan fingerprint density at radius 3 is 2.57 bits per heavy atom. The molecule has 1 heterocycles. The quantitative estimate of drug-likeness (QED) is 0.826. The van der Waals surface area contributed by atoms with Crippen molar-refractivity contribution >= 4 is 0 Å². The van der Waals surface area contributed by atoms with E-state index in [1.54, 1.807) is 0 Å². The monoisotopic (exact) mass is 292 g/mol. The van der Waals surface area contributed by atoms with Crippen LogP contribution in [-0.4, -0.2) is 55.8 Å². The molecule has 2 rings (SSSR count). The summed E-state index contributed by atoms with van der Waals surface area (Å²) >= 11 is 0. The number of nitrogens with one attached hydrogen (secondary N) is 1. The molecule has 0 radical (unpaired) electrons. The van der Waals surface area contributed by atoms with Gasteiger partial charge in [0.15, 0.2) is 0 Å². The topological polar surface area (TPSA) is 53.8 Å². The number of benzene rings is 1. The fraction of sp³-hybridized carbons (Fsp3) is 0.625. The van der Waals surface area contributed by atoms with E-state index in [0.29, 0.717) is 6.54 Å². The lowest BCUT2D eigenvalue weighted by Gasteiger charge is -2.35. The smallest absolute Gasteiger partial charge is 0.120 e. The minimum absolute atomic E-state index is 0.129. The third-order valence-corrected chi connectivity index (χ3v) is 3.71. The highest BCUT2D eigenvalue weighted by Gasteiger charge is 2.18. The molecular weight excluding hydrogens is 264 g/mol. The SMILES string of the molecule is CC(C)Oc1cccc(C(CN)NN2CCN(C)CC2)c1. The van der Waals surface area contributed by atoms with Crippen molar-refractivity contribution in [1.82, 2.24) is 15.3 Å². The Morgan fingerprint density at radius 1 is 1.24 bits per heavy atom. The van der Waals surface area contributed by atoms with E-state index < -0.39 is 0 Å². The molecule has 1 saturated heterocycles. The number of likely N-dealkylation sites (N-methyl/N-ethyl adjacent to an activating group) is 1. The summed E-state index contributed by atoms with van der Waals surface area (Å²) in [5.41, 5.74) is 10.7. The summed E-state index contributed by atoms with van der Waals surface area (Å²) < 4.78 is 5.76. The second-order valence-electron chi connectivity index (χ2n) is 5.95. The van der Waals surface area contributed by atoms with Crippen molar-refractivity contribution in [3.05, 3.63) is 29.8 Å². The van der Waals surface area contributed by atoms with E-state index in [2.05, 4.69) is 34.5 Å². The highest BCUT2D eigenvalue weighted by molar-refractivity contribution is 5.31. The van der Waals surface area contributed by atoms with Crippen molar-refractivity contribution < 1.29 is 4.74 Å². The van der Waals surface area contributed by atoms with Crippen molar-refractivity contribution in [1.29, 1.82) is 0 Å². The van der Waals surface area contributed by atoms with E-state index in [0.717, 1.165) is 31.9 Å². The zero-order valence-corrected chi connectivity index (χ0v) is 13.4. The maximum absolute atomic E-state index is 5.96. The van der Waals surface area contributed by atoms with Gasteiger partial charge in [-0.05, 0) is 38.6 Å².